The number of rotatable bonds is 2. The first-order chi connectivity index (χ1) is 8.29. The third-order valence-electron chi connectivity index (χ3n) is 2.77. The van der Waals surface area contributed by atoms with E-state index >= 15 is 0 Å². The number of pyridine rings is 1. The summed E-state index contributed by atoms with van der Waals surface area (Å²) in [6, 6.07) is 10.1. The van der Waals surface area contributed by atoms with Gasteiger partial charge in [0, 0.05) is 10.8 Å². The Morgan fingerprint density at radius 1 is 1.18 bits per heavy atom. The van der Waals surface area contributed by atoms with E-state index in [0.29, 0.717) is 18.2 Å². The molecular formula is C14H13NO2. The van der Waals surface area contributed by atoms with Crippen molar-refractivity contribution >= 4 is 21.9 Å². The van der Waals surface area contributed by atoms with Gasteiger partial charge in [-0.2, -0.15) is 4.98 Å². The highest BCUT2D eigenvalue weighted by atomic mass is 16.5. The van der Waals surface area contributed by atoms with Gasteiger partial charge in [0.1, 0.15) is 5.76 Å². The maximum atomic E-state index is 5.57. The molecule has 1 aromatic carbocycles. The predicted octanol–water partition coefficient (Wildman–Crippen LogP) is 3.69. The molecule has 0 fully saturated rings. The van der Waals surface area contributed by atoms with E-state index in [4.69, 9.17) is 9.15 Å². The molecule has 3 heteroatoms. The third-order valence-corrected chi connectivity index (χ3v) is 2.77. The molecule has 3 nitrogen and oxygen atoms in total. The molecule has 0 saturated heterocycles. The van der Waals surface area contributed by atoms with Crippen molar-refractivity contribution < 1.29 is 9.15 Å². The average Bonchev–Trinajstić information content (AvgIpc) is 2.70. The summed E-state index contributed by atoms with van der Waals surface area (Å²) in [5.74, 6) is 1.51. The molecule has 3 aromatic rings. The lowest BCUT2D eigenvalue weighted by molar-refractivity contribution is 0.331. The van der Waals surface area contributed by atoms with Crippen LogP contribution in [-0.2, 0) is 0 Å². The fraction of sp³-hybridized carbons (Fsp3) is 0.214. The lowest BCUT2D eigenvalue weighted by atomic mass is 10.1. The Labute approximate surface area is 99.0 Å². The maximum absolute atomic E-state index is 5.57. The minimum absolute atomic E-state index is 0.599. The largest absolute Gasteiger partial charge is 0.477 e. The topological polar surface area (TPSA) is 35.3 Å². The Morgan fingerprint density at radius 3 is 2.71 bits per heavy atom. The first-order valence-corrected chi connectivity index (χ1v) is 5.71. The fourth-order valence-electron chi connectivity index (χ4n) is 2.08. The van der Waals surface area contributed by atoms with Gasteiger partial charge in [-0.25, -0.2) is 0 Å². The summed E-state index contributed by atoms with van der Waals surface area (Å²) in [6.45, 7) is 4.48. The van der Waals surface area contributed by atoms with Crippen molar-refractivity contribution in [3.05, 3.63) is 36.1 Å². The molecule has 0 unspecified atom stereocenters. The number of aromatic nitrogens is 1. The highest BCUT2D eigenvalue weighted by Gasteiger charge is 2.11. The van der Waals surface area contributed by atoms with Gasteiger partial charge in [0.15, 0.2) is 0 Å². The van der Waals surface area contributed by atoms with E-state index in [0.717, 1.165) is 21.9 Å². The second-order valence-corrected chi connectivity index (χ2v) is 3.97. The van der Waals surface area contributed by atoms with E-state index < -0.39 is 0 Å². The Hall–Kier alpha value is -2.03. The quantitative estimate of drug-likeness (QED) is 0.669. The fourth-order valence-corrected chi connectivity index (χ4v) is 2.08. The van der Waals surface area contributed by atoms with Crippen molar-refractivity contribution in [1.82, 2.24) is 4.98 Å². The molecule has 0 radical (unpaired) electrons. The van der Waals surface area contributed by atoms with Crippen LogP contribution in [0.15, 0.2) is 34.7 Å². The van der Waals surface area contributed by atoms with Crippen molar-refractivity contribution in [2.24, 2.45) is 0 Å². The second-order valence-electron chi connectivity index (χ2n) is 3.97. The van der Waals surface area contributed by atoms with E-state index in [9.17, 15) is 0 Å². The molecule has 0 spiro atoms. The molecule has 0 bridgehead atoms. The zero-order valence-corrected chi connectivity index (χ0v) is 9.86. The van der Waals surface area contributed by atoms with Crippen LogP contribution in [0.25, 0.3) is 21.9 Å². The van der Waals surface area contributed by atoms with Crippen LogP contribution in [0.3, 0.4) is 0 Å². The number of nitrogens with zero attached hydrogens (tertiary/aromatic N) is 1. The van der Waals surface area contributed by atoms with Crippen LogP contribution in [0.2, 0.25) is 0 Å². The van der Waals surface area contributed by atoms with Gasteiger partial charge >= 0.3 is 0 Å². The number of fused-ring (bicyclic) bond motifs is 3. The van der Waals surface area contributed by atoms with Crippen LogP contribution in [0.4, 0.5) is 0 Å². The normalized spacial score (nSPS) is 11.2. The summed E-state index contributed by atoms with van der Waals surface area (Å²) in [5, 5.41) is 3.20. The number of furan rings is 1. The standard InChI is InChI=1S/C14H13NO2/c1-3-16-13-11-7-5-4-6-10(11)12-8-9(2)17-14(12)15-13/h4-8H,3H2,1-2H3. The van der Waals surface area contributed by atoms with Gasteiger partial charge in [-0.1, -0.05) is 18.2 Å². The lowest BCUT2D eigenvalue weighted by Crippen LogP contribution is -1.95. The Morgan fingerprint density at radius 2 is 1.94 bits per heavy atom. The van der Waals surface area contributed by atoms with Gasteiger partial charge in [0.2, 0.25) is 11.6 Å². The molecule has 17 heavy (non-hydrogen) atoms. The van der Waals surface area contributed by atoms with E-state index in [2.05, 4.69) is 11.1 Å². The van der Waals surface area contributed by atoms with Crippen LogP contribution in [0.1, 0.15) is 12.7 Å². The monoisotopic (exact) mass is 227 g/mol. The van der Waals surface area contributed by atoms with Gasteiger partial charge in [0.25, 0.3) is 0 Å². The van der Waals surface area contributed by atoms with Gasteiger partial charge in [-0.15, -0.1) is 0 Å². The molecule has 0 aliphatic rings. The first kappa shape index (κ1) is 10.1. The summed E-state index contributed by atoms with van der Waals surface area (Å²) in [4.78, 5) is 4.43. The number of benzene rings is 1. The van der Waals surface area contributed by atoms with E-state index in [1.807, 2.05) is 38.1 Å². The van der Waals surface area contributed by atoms with Crippen LogP contribution in [0.5, 0.6) is 5.88 Å². The Bertz CT molecular complexity index is 685. The average molecular weight is 227 g/mol. The SMILES string of the molecule is CCOc1nc2oc(C)cc2c2ccccc12. The van der Waals surface area contributed by atoms with Crippen molar-refractivity contribution in [2.45, 2.75) is 13.8 Å². The molecule has 0 aliphatic carbocycles. The van der Waals surface area contributed by atoms with E-state index in [1.54, 1.807) is 0 Å². The lowest BCUT2D eigenvalue weighted by Gasteiger charge is -2.06. The summed E-state index contributed by atoms with van der Waals surface area (Å²) >= 11 is 0. The molecule has 0 aliphatic heterocycles. The van der Waals surface area contributed by atoms with Crippen molar-refractivity contribution in [3.63, 3.8) is 0 Å². The number of aryl methyl sites for hydroxylation is 1. The number of hydrogen-bond donors (Lipinski definition) is 0. The third kappa shape index (κ3) is 1.55. The smallest absolute Gasteiger partial charge is 0.230 e. The maximum Gasteiger partial charge on any atom is 0.230 e. The van der Waals surface area contributed by atoms with Gasteiger partial charge in [-0.3, -0.25) is 0 Å². The van der Waals surface area contributed by atoms with Crippen LogP contribution in [0, 0.1) is 6.92 Å². The molecule has 0 N–H and O–H groups in total. The van der Waals surface area contributed by atoms with Gasteiger partial charge < -0.3 is 9.15 Å². The number of ether oxygens (including phenoxy) is 1. The second kappa shape index (κ2) is 3.77. The molecule has 0 amide bonds. The van der Waals surface area contributed by atoms with E-state index in [-0.39, 0.29) is 0 Å². The highest BCUT2D eigenvalue weighted by molar-refractivity contribution is 6.06. The number of hydrogen-bond acceptors (Lipinski definition) is 3. The highest BCUT2D eigenvalue weighted by Crippen LogP contribution is 2.32. The van der Waals surface area contributed by atoms with Crippen LogP contribution >= 0.6 is 0 Å². The summed E-state index contributed by atoms with van der Waals surface area (Å²) < 4.78 is 11.1. The molecule has 0 atom stereocenters. The Kier molecular flexibility index (Phi) is 2.25. The first-order valence-electron chi connectivity index (χ1n) is 5.71. The minimum Gasteiger partial charge on any atom is -0.477 e. The molecule has 3 rings (SSSR count). The molecule has 2 aromatic heterocycles. The predicted molar refractivity (Wildman–Crippen MR) is 67.4 cm³/mol. The zero-order chi connectivity index (χ0) is 11.8. The Balaban J connectivity index is 2.45. The zero-order valence-electron chi connectivity index (χ0n) is 9.86. The molecule has 2 heterocycles. The van der Waals surface area contributed by atoms with Gasteiger partial charge in [0.05, 0.1) is 6.61 Å². The van der Waals surface area contributed by atoms with Crippen LogP contribution in [-0.4, -0.2) is 11.6 Å². The van der Waals surface area contributed by atoms with Gasteiger partial charge in [-0.05, 0) is 31.4 Å². The summed E-state index contributed by atoms with van der Waals surface area (Å²) in [6.07, 6.45) is 0. The minimum atomic E-state index is 0.599. The summed E-state index contributed by atoms with van der Waals surface area (Å²) in [5.41, 5.74) is 0.643. The van der Waals surface area contributed by atoms with E-state index in [1.165, 1.54) is 0 Å². The molecule has 0 saturated carbocycles. The van der Waals surface area contributed by atoms with Crippen molar-refractivity contribution in [2.75, 3.05) is 6.61 Å². The van der Waals surface area contributed by atoms with Crippen molar-refractivity contribution in [1.29, 1.82) is 0 Å². The van der Waals surface area contributed by atoms with Crippen LogP contribution < -0.4 is 4.74 Å². The van der Waals surface area contributed by atoms with Crippen molar-refractivity contribution in [3.8, 4) is 5.88 Å². The summed E-state index contributed by atoms with van der Waals surface area (Å²) in [7, 11) is 0. The molecule has 86 valence electrons. The molecular weight excluding hydrogens is 214 g/mol.